The number of hydrogen-bond donors (Lipinski definition) is 1. The van der Waals surface area contributed by atoms with Crippen molar-refractivity contribution in [2.45, 2.75) is 25.4 Å². The third-order valence-electron chi connectivity index (χ3n) is 3.54. The predicted molar refractivity (Wildman–Crippen MR) is 75.8 cm³/mol. The number of anilines is 1. The zero-order chi connectivity index (χ0) is 13.0. The maximum Gasteiger partial charge on any atom is 0.125 e. The molecule has 2 heterocycles. The summed E-state index contributed by atoms with van der Waals surface area (Å²) in [6.45, 7) is 3.41. The van der Waals surface area contributed by atoms with Crippen LogP contribution in [0.3, 0.4) is 0 Å². The van der Waals surface area contributed by atoms with E-state index < -0.39 is 0 Å². The highest BCUT2D eigenvalue weighted by Crippen LogP contribution is 2.21. The summed E-state index contributed by atoms with van der Waals surface area (Å²) in [7, 11) is 6.22. The van der Waals surface area contributed by atoms with E-state index in [4.69, 9.17) is 0 Å². The van der Waals surface area contributed by atoms with Crippen molar-refractivity contribution in [2.75, 3.05) is 39.5 Å². The molecule has 0 aliphatic carbocycles. The van der Waals surface area contributed by atoms with Gasteiger partial charge in [0.2, 0.25) is 0 Å². The van der Waals surface area contributed by atoms with Crippen LogP contribution in [0.25, 0.3) is 0 Å². The first-order valence-electron chi connectivity index (χ1n) is 6.70. The molecular weight excluding hydrogens is 224 g/mol. The molecule has 0 saturated carbocycles. The molecule has 1 N–H and O–H groups in total. The molecule has 1 saturated heterocycles. The Morgan fingerprint density at radius 1 is 1.50 bits per heavy atom. The summed E-state index contributed by atoms with van der Waals surface area (Å²) in [5.74, 6) is 0.954. The molecule has 1 aliphatic heterocycles. The van der Waals surface area contributed by atoms with Gasteiger partial charge in [0.1, 0.15) is 5.82 Å². The van der Waals surface area contributed by atoms with Crippen molar-refractivity contribution in [1.29, 1.82) is 0 Å². The van der Waals surface area contributed by atoms with Crippen molar-refractivity contribution in [1.82, 2.24) is 14.8 Å². The van der Waals surface area contributed by atoms with Crippen molar-refractivity contribution in [3.05, 3.63) is 23.9 Å². The van der Waals surface area contributed by atoms with Crippen LogP contribution in [0.15, 0.2) is 18.3 Å². The number of hydrogen-bond acceptors (Lipinski definition) is 4. The van der Waals surface area contributed by atoms with Crippen LogP contribution in [-0.2, 0) is 6.54 Å². The van der Waals surface area contributed by atoms with E-state index in [1.807, 2.05) is 13.2 Å². The van der Waals surface area contributed by atoms with Crippen molar-refractivity contribution in [2.24, 2.45) is 0 Å². The SMILES string of the molecule is CNc1cc(CN2CCCC2CN(C)C)ccn1. The molecule has 4 heteroatoms. The van der Waals surface area contributed by atoms with Gasteiger partial charge in [-0.2, -0.15) is 0 Å². The van der Waals surface area contributed by atoms with Gasteiger partial charge in [0.25, 0.3) is 0 Å². The maximum atomic E-state index is 4.26. The molecule has 1 atom stereocenters. The summed E-state index contributed by atoms with van der Waals surface area (Å²) < 4.78 is 0. The number of aromatic nitrogens is 1. The quantitative estimate of drug-likeness (QED) is 0.858. The molecule has 0 bridgehead atoms. The lowest BCUT2D eigenvalue weighted by Gasteiger charge is -2.27. The molecule has 2 rings (SSSR count). The van der Waals surface area contributed by atoms with E-state index >= 15 is 0 Å². The molecule has 100 valence electrons. The Labute approximate surface area is 110 Å². The smallest absolute Gasteiger partial charge is 0.125 e. The second kappa shape index (κ2) is 6.16. The van der Waals surface area contributed by atoms with Gasteiger partial charge in [-0.1, -0.05) is 0 Å². The largest absolute Gasteiger partial charge is 0.373 e. The highest BCUT2D eigenvalue weighted by molar-refractivity contribution is 5.36. The van der Waals surface area contributed by atoms with E-state index in [1.54, 1.807) is 0 Å². The van der Waals surface area contributed by atoms with Crippen LogP contribution < -0.4 is 5.32 Å². The van der Waals surface area contributed by atoms with Crippen LogP contribution in [0, 0.1) is 0 Å². The van der Waals surface area contributed by atoms with Crippen molar-refractivity contribution >= 4 is 5.82 Å². The number of nitrogens with one attached hydrogen (secondary N) is 1. The molecule has 1 aliphatic rings. The molecule has 0 spiro atoms. The maximum absolute atomic E-state index is 4.26. The third kappa shape index (κ3) is 3.43. The standard InChI is InChI=1S/C14H24N4/c1-15-14-9-12(6-7-16-14)10-18-8-4-5-13(18)11-17(2)3/h6-7,9,13H,4-5,8,10-11H2,1-3H3,(H,15,16). The van der Waals surface area contributed by atoms with Crippen molar-refractivity contribution < 1.29 is 0 Å². The fourth-order valence-corrected chi connectivity index (χ4v) is 2.68. The first-order chi connectivity index (χ1) is 8.69. The second-order valence-corrected chi connectivity index (χ2v) is 5.33. The summed E-state index contributed by atoms with van der Waals surface area (Å²) in [6.07, 6.45) is 4.53. The molecule has 1 fully saturated rings. The molecule has 4 nitrogen and oxygen atoms in total. The second-order valence-electron chi connectivity index (χ2n) is 5.33. The number of pyridine rings is 1. The molecule has 18 heavy (non-hydrogen) atoms. The molecule has 1 aromatic heterocycles. The fraction of sp³-hybridized carbons (Fsp3) is 0.643. The van der Waals surface area contributed by atoms with Gasteiger partial charge in [0, 0.05) is 32.4 Å². The molecular formula is C14H24N4. The fourth-order valence-electron chi connectivity index (χ4n) is 2.68. The van der Waals surface area contributed by atoms with E-state index in [-0.39, 0.29) is 0 Å². The minimum Gasteiger partial charge on any atom is -0.373 e. The third-order valence-corrected chi connectivity index (χ3v) is 3.54. The average Bonchev–Trinajstić information content (AvgIpc) is 2.76. The van der Waals surface area contributed by atoms with Gasteiger partial charge >= 0.3 is 0 Å². The topological polar surface area (TPSA) is 31.4 Å². The molecule has 1 aromatic rings. The Bertz CT molecular complexity index is 378. The van der Waals surface area contributed by atoms with Crippen molar-refractivity contribution in [3.8, 4) is 0 Å². The number of likely N-dealkylation sites (N-methyl/N-ethyl adjacent to an activating group) is 1. The summed E-state index contributed by atoms with van der Waals surface area (Å²) in [5.41, 5.74) is 1.35. The monoisotopic (exact) mass is 248 g/mol. The predicted octanol–water partition coefficient (Wildman–Crippen LogP) is 1.65. The van der Waals surface area contributed by atoms with Gasteiger partial charge in [0.05, 0.1) is 0 Å². The van der Waals surface area contributed by atoms with E-state index in [9.17, 15) is 0 Å². The molecule has 1 unspecified atom stereocenters. The lowest BCUT2D eigenvalue weighted by atomic mass is 10.2. The summed E-state index contributed by atoms with van der Waals surface area (Å²) in [5, 5.41) is 3.10. The van der Waals surface area contributed by atoms with E-state index in [0.29, 0.717) is 6.04 Å². The van der Waals surface area contributed by atoms with E-state index in [1.165, 1.54) is 24.9 Å². The average molecular weight is 248 g/mol. The Kier molecular flexibility index (Phi) is 4.55. The van der Waals surface area contributed by atoms with Crippen LogP contribution in [0.2, 0.25) is 0 Å². The van der Waals surface area contributed by atoms with Gasteiger partial charge in [0.15, 0.2) is 0 Å². The van der Waals surface area contributed by atoms with Crippen LogP contribution in [-0.4, -0.2) is 55.1 Å². The first kappa shape index (κ1) is 13.3. The normalized spacial score (nSPS) is 20.6. The zero-order valence-electron chi connectivity index (χ0n) is 11.7. The Morgan fingerprint density at radius 3 is 3.06 bits per heavy atom. The minimum atomic E-state index is 0.700. The highest BCUT2D eigenvalue weighted by Gasteiger charge is 2.24. The lowest BCUT2D eigenvalue weighted by Crippen LogP contribution is -2.37. The van der Waals surface area contributed by atoms with E-state index in [0.717, 1.165) is 18.9 Å². The summed E-state index contributed by atoms with van der Waals surface area (Å²) in [6, 6.07) is 4.96. The van der Waals surface area contributed by atoms with Crippen LogP contribution >= 0.6 is 0 Å². The van der Waals surface area contributed by atoms with Gasteiger partial charge in [-0.3, -0.25) is 4.90 Å². The summed E-state index contributed by atoms with van der Waals surface area (Å²) >= 11 is 0. The first-order valence-corrected chi connectivity index (χ1v) is 6.70. The van der Waals surface area contributed by atoms with Crippen LogP contribution in [0.1, 0.15) is 18.4 Å². The Morgan fingerprint density at radius 2 is 2.33 bits per heavy atom. The number of likely N-dealkylation sites (tertiary alicyclic amines) is 1. The van der Waals surface area contributed by atoms with Crippen LogP contribution in [0.4, 0.5) is 5.82 Å². The Hall–Kier alpha value is -1.13. The van der Waals surface area contributed by atoms with Gasteiger partial charge < -0.3 is 10.2 Å². The molecule has 0 aromatic carbocycles. The highest BCUT2D eigenvalue weighted by atomic mass is 15.2. The number of nitrogens with zero attached hydrogens (tertiary/aromatic N) is 3. The van der Waals surface area contributed by atoms with Gasteiger partial charge in [-0.15, -0.1) is 0 Å². The molecule has 0 radical (unpaired) electrons. The van der Waals surface area contributed by atoms with Crippen LogP contribution in [0.5, 0.6) is 0 Å². The van der Waals surface area contributed by atoms with E-state index in [2.05, 4.69) is 46.3 Å². The molecule has 0 amide bonds. The van der Waals surface area contributed by atoms with Gasteiger partial charge in [-0.05, 0) is 51.2 Å². The zero-order valence-corrected chi connectivity index (χ0v) is 11.7. The Balaban J connectivity index is 1.98. The van der Waals surface area contributed by atoms with Crippen molar-refractivity contribution in [3.63, 3.8) is 0 Å². The van der Waals surface area contributed by atoms with Gasteiger partial charge in [-0.25, -0.2) is 4.98 Å². The summed E-state index contributed by atoms with van der Waals surface area (Å²) in [4.78, 5) is 9.14. The number of rotatable bonds is 5. The minimum absolute atomic E-state index is 0.700. The lowest BCUT2D eigenvalue weighted by molar-refractivity contribution is 0.201.